The van der Waals surface area contributed by atoms with Crippen LogP contribution in [0, 0.1) is 23.1 Å². The molecular weight excluding hydrogens is 505 g/mol. The number of anilines is 1. The maximum absolute atomic E-state index is 15.1. The fourth-order valence-electron chi connectivity index (χ4n) is 6.72. The van der Waals surface area contributed by atoms with Crippen molar-refractivity contribution in [1.82, 2.24) is 20.1 Å². The van der Waals surface area contributed by atoms with E-state index in [4.69, 9.17) is 11.6 Å². The van der Waals surface area contributed by atoms with Gasteiger partial charge in [-0.3, -0.25) is 14.3 Å². The van der Waals surface area contributed by atoms with Crippen LogP contribution in [-0.2, 0) is 16.6 Å². The number of benzene rings is 1. The number of carbonyl (C=O) groups excluding carboxylic acids is 2. The van der Waals surface area contributed by atoms with Gasteiger partial charge in [-0.2, -0.15) is 5.10 Å². The molecule has 0 aliphatic heterocycles. The molecule has 9 heteroatoms. The number of hydrogen-bond acceptors (Lipinski definition) is 4. The first kappa shape index (κ1) is 25.3. The van der Waals surface area contributed by atoms with Gasteiger partial charge >= 0.3 is 0 Å². The molecule has 0 radical (unpaired) electrons. The van der Waals surface area contributed by atoms with Crippen molar-refractivity contribution < 1.29 is 14.0 Å². The molecule has 2 atom stereocenters. The Bertz CT molecular complexity index is 1430. The van der Waals surface area contributed by atoms with E-state index in [0.29, 0.717) is 33.9 Å². The molecule has 200 valence electrons. The number of aromatic nitrogens is 3. The summed E-state index contributed by atoms with van der Waals surface area (Å²) in [6, 6.07) is 5.04. The average molecular weight is 538 g/mol. The minimum absolute atomic E-state index is 0.0269. The maximum Gasteiger partial charge on any atom is 0.228 e. The van der Waals surface area contributed by atoms with Crippen molar-refractivity contribution in [2.24, 2.45) is 24.3 Å². The number of nitrogens with one attached hydrogen (secondary N) is 2. The minimum Gasteiger partial charge on any atom is -0.353 e. The molecule has 2 heterocycles. The molecule has 0 saturated heterocycles. The fraction of sp³-hybridized carbons (Fsp3) is 0.517. The Morgan fingerprint density at radius 1 is 1.18 bits per heavy atom. The zero-order valence-corrected chi connectivity index (χ0v) is 22.7. The molecule has 2 bridgehead atoms. The van der Waals surface area contributed by atoms with Crippen molar-refractivity contribution in [2.75, 3.05) is 5.32 Å². The number of pyridine rings is 1. The lowest BCUT2D eigenvalue weighted by Gasteiger charge is -2.60. The highest BCUT2D eigenvalue weighted by atomic mass is 35.5. The van der Waals surface area contributed by atoms with E-state index in [0.717, 1.165) is 55.5 Å². The third-order valence-corrected chi connectivity index (χ3v) is 9.10. The zero-order valence-electron chi connectivity index (χ0n) is 22.0. The molecule has 7 rings (SSSR count). The van der Waals surface area contributed by atoms with Crippen LogP contribution in [0.4, 0.5) is 10.2 Å². The predicted molar refractivity (Wildman–Crippen MR) is 145 cm³/mol. The molecule has 2 amide bonds. The van der Waals surface area contributed by atoms with Crippen molar-refractivity contribution >= 4 is 40.1 Å². The van der Waals surface area contributed by atoms with Gasteiger partial charge in [-0.15, -0.1) is 0 Å². The van der Waals surface area contributed by atoms with E-state index in [9.17, 15) is 9.59 Å². The Labute approximate surface area is 226 Å². The molecule has 4 saturated carbocycles. The summed E-state index contributed by atoms with van der Waals surface area (Å²) < 4.78 is 16.8. The highest BCUT2D eigenvalue weighted by molar-refractivity contribution is 6.33. The molecule has 4 aliphatic carbocycles. The summed E-state index contributed by atoms with van der Waals surface area (Å²) in [6.45, 7) is 4.09. The first-order valence-corrected chi connectivity index (χ1v) is 14.0. The standard InChI is InChI=1S/C29H33ClFN5O2/c1-15(2)26-21-8-18(9-23(31)25(21)35-36(26)3)20-10-24(32-14-22(20)30)34-27(37)17-5-4-6-19(7-17)33-28(38)29-11-16(12-29)13-29/h8-10,14-17,19H,4-7,11-13H2,1-3H3,(H,33,38)(H,32,34,37)/t16?,17-,19+,29?/m0/s1. The summed E-state index contributed by atoms with van der Waals surface area (Å²) in [5.41, 5.74) is 2.34. The zero-order chi connectivity index (χ0) is 26.8. The molecule has 1 aromatic carbocycles. The van der Waals surface area contributed by atoms with E-state index in [1.165, 1.54) is 12.3 Å². The lowest BCUT2D eigenvalue weighted by atomic mass is 9.44. The number of carbonyl (C=O) groups is 2. The Kier molecular flexibility index (Phi) is 6.21. The van der Waals surface area contributed by atoms with Gasteiger partial charge in [-0.1, -0.05) is 31.9 Å². The number of nitrogens with zero attached hydrogens (tertiary/aromatic N) is 3. The van der Waals surface area contributed by atoms with Crippen LogP contribution < -0.4 is 10.6 Å². The Morgan fingerprint density at radius 2 is 1.95 bits per heavy atom. The molecule has 38 heavy (non-hydrogen) atoms. The number of aryl methyl sites for hydroxylation is 1. The summed E-state index contributed by atoms with van der Waals surface area (Å²) in [5, 5.41) is 11.6. The number of amides is 2. The van der Waals surface area contributed by atoms with Gasteiger partial charge in [-0.25, -0.2) is 9.37 Å². The van der Waals surface area contributed by atoms with Crippen LogP contribution in [0.2, 0.25) is 5.02 Å². The molecule has 0 spiro atoms. The highest BCUT2D eigenvalue weighted by Gasteiger charge is 2.61. The van der Waals surface area contributed by atoms with Gasteiger partial charge < -0.3 is 10.6 Å². The molecular formula is C29H33ClFN5O2. The minimum atomic E-state index is -0.423. The smallest absolute Gasteiger partial charge is 0.228 e. The van der Waals surface area contributed by atoms with E-state index in [1.807, 2.05) is 27.0 Å². The molecule has 4 fully saturated rings. The second-order valence-electron chi connectivity index (χ2n) is 11.8. The van der Waals surface area contributed by atoms with Crippen LogP contribution in [-0.4, -0.2) is 32.6 Å². The monoisotopic (exact) mass is 537 g/mol. The van der Waals surface area contributed by atoms with Gasteiger partial charge in [-0.05, 0) is 74.1 Å². The Morgan fingerprint density at radius 3 is 2.63 bits per heavy atom. The molecule has 4 aliphatic rings. The average Bonchev–Trinajstić information content (AvgIpc) is 3.15. The third kappa shape index (κ3) is 4.27. The molecule has 0 unspecified atom stereocenters. The van der Waals surface area contributed by atoms with E-state index in [2.05, 4.69) is 20.7 Å². The Hall–Kier alpha value is -3.00. The van der Waals surface area contributed by atoms with Crippen LogP contribution >= 0.6 is 11.6 Å². The quantitative estimate of drug-likeness (QED) is 0.406. The van der Waals surface area contributed by atoms with E-state index >= 15 is 4.39 Å². The lowest BCUT2D eigenvalue weighted by molar-refractivity contribution is -0.166. The van der Waals surface area contributed by atoms with Crippen LogP contribution in [0.1, 0.15) is 70.4 Å². The maximum atomic E-state index is 15.1. The van der Waals surface area contributed by atoms with Crippen LogP contribution in [0.3, 0.4) is 0 Å². The van der Waals surface area contributed by atoms with Crippen molar-refractivity contribution in [1.29, 1.82) is 0 Å². The van der Waals surface area contributed by atoms with Gasteiger partial charge in [0.25, 0.3) is 0 Å². The molecule has 7 nitrogen and oxygen atoms in total. The number of halogens is 2. The van der Waals surface area contributed by atoms with E-state index in [-0.39, 0.29) is 35.1 Å². The summed E-state index contributed by atoms with van der Waals surface area (Å²) >= 11 is 6.49. The van der Waals surface area contributed by atoms with Gasteiger partial charge in [0.2, 0.25) is 11.8 Å². The van der Waals surface area contributed by atoms with Crippen molar-refractivity contribution in [3.05, 3.63) is 40.9 Å². The lowest BCUT2D eigenvalue weighted by Crippen LogP contribution is -2.61. The summed E-state index contributed by atoms with van der Waals surface area (Å²) in [7, 11) is 1.82. The first-order chi connectivity index (χ1) is 18.1. The second-order valence-corrected chi connectivity index (χ2v) is 12.3. The van der Waals surface area contributed by atoms with Crippen molar-refractivity contribution in [2.45, 2.75) is 70.8 Å². The van der Waals surface area contributed by atoms with Gasteiger partial charge in [0, 0.05) is 47.3 Å². The highest BCUT2D eigenvalue weighted by Crippen LogP contribution is 2.64. The molecule has 3 aromatic rings. The number of fused-ring (bicyclic) bond motifs is 1. The van der Waals surface area contributed by atoms with Gasteiger partial charge in [0.15, 0.2) is 5.82 Å². The third-order valence-electron chi connectivity index (χ3n) is 8.80. The molecule has 2 aromatic heterocycles. The summed E-state index contributed by atoms with van der Waals surface area (Å²) in [6.07, 6.45) is 7.74. The summed E-state index contributed by atoms with van der Waals surface area (Å²) in [5.74, 6) is 0.700. The van der Waals surface area contributed by atoms with Crippen LogP contribution in [0.15, 0.2) is 24.4 Å². The van der Waals surface area contributed by atoms with E-state index in [1.54, 1.807) is 10.7 Å². The van der Waals surface area contributed by atoms with Crippen molar-refractivity contribution in [3.8, 4) is 11.1 Å². The van der Waals surface area contributed by atoms with Crippen LogP contribution in [0.5, 0.6) is 0 Å². The molecule has 2 N–H and O–H groups in total. The van der Waals surface area contributed by atoms with Gasteiger partial charge in [0.1, 0.15) is 11.3 Å². The topological polar surface area (TPSA) is 88.9 Å². The Balaban J connectivity index is 1.19. The van der Waals surface area contributed by atoms with Crippen molar-refractivity contribution in [3.63, 3.8) is 0 Å². The summed E-state index contributed by atoms with van der Waals surface area (Å²) in [4.78, 5) is 30.2. The first-order valence-electron chi connectivity index (χ1n) is 13.6. The number of hydrogen-bond donors (Lipinski definition) is 2. The fourth-order valence-corrected chi connectivity index (χ4v) is 6.94. The normalized spacial score (nSPS) is 26.1. The predicted octanol–water partition coefficient (Wildman–Crippen LogP) is 5.96. The second kappa shape index (κ2) is 9.33. The van der Waals surface area contributed by atoms with E-state index < -0.39 is 5.82 Å². The number of rotatable bonds is 6. The van der Waals surface area contributed by atoms with Crippen LogP contribution in [0.25, 0.3) is 22.0 Å². The largest absolute Gasteiger partial charge is 0.353 e. The SMILES string of the molecule is CC(C)c1c2cc(-c3cc(NC(=O)[C@H]4CCC[C@@H](NC(=O)C56CC(C5)C6)C4)ncc3Cl)cc(F)c2nn1C. The van der Waals surface area contributed by atoms with Gasteiger partial charge in [0.05, 0.1) is 5.02 Å².